The molecule has 0 radical (unpaired) electrons. The first kappa shape index (κ1) is 23.9. The summed E-state index contributed by atoms with van der Waals surface area (Å²) in [6.07, 6.45) is 4.14. The molecule has 0 aliphatic rings. The van der Waals surface area contributed by atoms with Crippen molar-refractivity contribution < 1.29 is 0 Å². The third-order valence-electron chi connectivity index (χ3n) is 3.75. The van der Waals surface area contributed by atoms with Crippen LogP contribution in [0.3, 0.4) is 0 Å². The van der Waals surface area contributed by atoms with Gasteiger partial charge in [-0.3, -0.25) is 0 Å². The molecule has 0 amide bonds. The molecular weight excluding hydrogens is 425 g/mol. The van der Waals surface area contributed by atoms with Gasteiger partial charge in [0.2, 0.25) is 0 Å². The van der Waals surface area contributed by atoms with E-state index < -0.39 is 0 Å². The van der Waals surface area contributed by atoms with Crippen molar-refractivity contribution in [2.45, 2.75) is 60.0 Å². The van der Waals surface area contributed by atoms with Crippen LogP contribution in [0.5, 0.6) is 0 Å². The van der Waals surface area contributed by atoms with E-state index in [1.54, 1.807) is 0 Å². The quantitative estimate of drug-likeness (QED) is 0.366. The first-order valence-corrected chi connectivity index (χ1v) is 8.89. The molecule has 0 fully saturated rings. The van der Waals surface area contributed by atoms with Crippen LogP contribution < -0.4 is 15.5 Å². The van der Waals surface area contributed by atoms with Crippen LogP contribution in [0.1, 0.15) is 53.0 Å². The Morgan fingerprint density at radius 1 is 1.32 bits per heavy atom. The third-order valence-corrected chi connectivity index (χ3v) is 3.75. The molecule has 0 aromatic carbocycles. The van der Waals surface area contributed by atoms with Gasteiger partial charge in [0.15, 0.2) is 5.96 Å². The fourth-order valence-electron chi connectivity index (χ4n) is 2.40. The number of halogens is 1. The van der Waals surface area contributed by atoms with Gasteiger partial charge in [-0.15, -0.1) is 24.0 Å². The Hall–Kier alpha value is -1.05. The van der Waals surface area contributed by atoms with Crippen LogP contribution in [-0.2, 0) is 6.54 Å². The Balaban J connectivity index is 0.00000576. The van der Waals surface area contributed by atoms with Crippen molar-refractivity contribution in [2.24, 2.45) is 10.4 Å². The zero-order valence-electron chi connectivity index (χ0n) is 16.9. The fraction of sp³-hybridized carbons (Fsp3) is 0.684. The average Bonchev–Trinajstić information content (AvgIpc) is 2.50. The van der Waals surface area contributed by atoms with Gasteiger partial charge in [-0.05, 0) is 38.2 Å². The van der Waals surface area contributed by atoms with Gasteiger partial charge in [-0.1, -0.05) is 26.8 Å². The molecule has 1 unspecified atom stereocenters. The van der Waals surface area contributed by atoms with Crippen molar-refractivity contribution in [3.8, 4) is 0 Å². The zero-order chi connectivity index (χ0) is 18.2. The van der Waals surface area contributed by atoms with Gasteiger partial charge in [0.05, 0.1) is 6.54 Å². The van der Waals surface area contributed by atoms with E-state index in [0.29, 0.717) is 18.0 Å². The number of nitrogens with zero attached hydrogens (tertiary/aromatic N) is 3. The van der Waals surface area contributed by atoms with E-state index in [2.05, 4.69) is 56.3 Å². The molecule has 0 saturated carbocycles. The number of hydrogen-bond donors (Lipinski definition) is 2. The number of nitrogens with one attached hydrogen (secondary N) is 2. The summed E-state index contributed by atoms with van der Waals surface area (Å²) in [6.45, 7) is 12.6. The van der Waals surface area contributed by atoms with Crippen molar-refractivity contribution in [3.63, 3.8) is 0 Å². The molecule has 0 saturated heterocycles. The maximum Gasteiger partial charge on any atom is 0.191 e. The minimum absolute atomic E-state index is 0. The largest absolute Gasteiger partial charge is 0.362 e. The molecule has 1 rings (SSSR count). The molecule has 1 aromatic heterocycles. The van der Waals surface area contributed by atoms with Crippen LogP contribution in [-0.4, -0.2) is 37.6 Å². The van der Waals surface area contributed by atoms with E-state index in [0.717, 1.165) is 30.3 Å². The molecule has 144 valence electrons. The molecule has 0 bridgehead atoms. The van der Waals surface area contributed by atoms with Crippen molar-refractivity contribution in [1.82, 2.24) is 15.6 Å². The summed E-state index contributed by atoms with van der Waals surface area (Å²) in [5, 5.41) is 6.85. The Morgan fingerprint density at radius 3 is 2.56 bits per heavy atom. The molecular formula is C19H36IN5. The minimum Gasteiger partial charge on any atom is -0.362 e. The number of anilines is 1. The highest BCUT2D eigenvalue weighted by atomic mass is 127. The molecule has 0 aliphatic carbocycles. The smallest absolute Gasteiger partial charge is 0.191 e. The van der Waals surface area contributed by atoms with Gasteiger partial charge >= 0.3 is 0 Å². The first-order valence-electron chi connectivity index (χ1n) is 8.89. The summed E-state index contributed by atoms with van der Waals surface area (Å²) in [5.41, 5.74) is 1.49. The van der Waals surface area contributed by atoms with E-state index in [9.17, 15) is 0 Å². The highest BCUT2D eigenvalue weighted by molar-refractivity contribution is 14.0. The number of hydrogen-bond acceptors (Lipinski definition) is 3. The van der Waals surface area contributed by atoms with Crippen LogP contribution >= 0.6 is 24.0 Å². The number of guanidine groups is 1. The molecule has 25 heavy (non-hydrogen) atoms. The maximum absolute atomic E-state index is 4.74. The number of pyridine rings is 1. The Morgan fingerprint density at radius 2 is 2.00 bits per heavy atom. The molecule has 1 aromatic rings. The Kier molecular flexibility index (Phi) is 11.1. The van der Waals surface area contributed by atoms with E-state index in [-0.39, 0.29) is 24.0 Å². The SMILES string of the molecule is CCNC(=NCc1cccnc1N(C)C)NC(C)CCC(C)(C)C.I. The molecule has 5 nitrogen and oxygen atoms in total. The van der Waals surface area contributed by atoms with Gasteiger partial charge < -0.3 is 15.5 Å². The molecule has 0 spiro atoms. The molecule has 2 N–H and O–H groups in total. The fourth-order valence-corrected chi connectivity index (χ4v) is 2.40. The lowest BCUT2D eigenvalue weighted by molar-refractivity contribution is 0.346. The lowest BCUT2D eigenvalue weighted by Gasteiger charge is -2.23. The first-order chi connectivity index (χ1) is 11.2. The Labute approximate surface area is 171 Å². The summed E-state index contributed by atoms with van der Waals surface area (Å²) >= 11 is 0. The number of rotatable bonds is 7. The predicted molar refractivity (Wildman–Crippen MR) is 120 cm³/mol. The topological polar surface area (TPSA) is 52.6 Å². The highest BCUT2D eigenvalue weighted by Crippen LogP contribution is 2.21. The second kappa shape index (κ2) is 11.5. The molecule has 6 heteroatoms. The number of aromatic nitrogens is 1. The van der Waals surface area contributed by atoms with Crippen molar-refractivity contribution in [2.75, 3.05) is 25.5 Å². The standard InChI is InChI=1S/C19H35N5.HI/c1-8-20-18(23-15(2)11-12-19(3,4)5)22-14-16-10-9-13-21-17(16)24(6)7;/h9-10,13,15H,8,11-12,14H2,1-7H3,(H2,20,22,23);1H. The van der Waals surface area contributed by atoms with E-state index in [1.165, 1.54) is 6.42 Å². The van der Waals surface area contributed by atoms with Gasteiger partial charge in [0, 0.05) is 38.4 Å². The normalized spacial score (nSPS) is 13.0. The summed E-state index contributed by atoms with van der Waals surface area (Å²) in [7, 11) is 4.02. The summed E-state index contributed by atoms with van der Waals surface area (Å²) in [5.74, 6) is 1.84. The van der Waals surface area contributed by atoms with Crippen molar-refractivity contribution >= 4 is 35.8 Å². The van der Waals surface area contributed by atoms with Crippen LogP contribution in [0.4, 0.5) is 5.82 Å². The summed E-state index contributed by atoms with van der Waals surface area (Å²) in [6, 6.07) is 4.44. The van der Waals surface area contributed by atoms with Crippen LogP contribution in [0.25, 0.3) is 0 Å². The second-order valence-corrected chi connectivity index (χ2v) is 7.72. The maximum atomic E-state index is 4.74. The minimum atomic E-state index is 0. The second-order valence-electron chi connectivity index (χ2n) is 7.72. The molecule has 0 aliphatic heterocycles. The number of aliphatic imine (C=N–C) groups is 1. The summed E-state index contributed by atoms with van der Waals surface area (Å²) < 4.78 is 0. The van der Waals surface area contributed by atoms with E-state index >= 15 is 0 Å². The monoisotopic (exact) mass is 461 g/mol. The molecule has 1 atom stereocenters. The molecule has 1 heterocycles. The van der Waals surface area contributed by atoms with Crippen molar-refractivity contribution in [1.29, 1.82) is 0 Å². The van der Waals surface area contributed by atoms with Crippen LogP contribution in [0.15, 0.2) is 23.3 Å². The van der Waals surface area contributed by atoms with E-state index in [4.69, 9.17) is 4.99 Å². The Bertz CT molecular complexity index is 523. The lowest BCUT2D eigenvalue weighted by Crippen LogP contribution is -2.42. The summed E-state index contributed by atoms with van der Waals surface area (Å²) in [4.78, 5) is 11.2. The predicted octanol–water partition coefficient (Wildman–Crippen LogP) is 4.04. The third kappa shape index (κ3) is 9.87. The zero-order valence-corrected chi connectivity index (χ0v) is 19.2. The lowest BCUT2D eigenvalue weighted by atomic mass is 9.89. The average molecular weight is 461 g/mol. The van der Waals surface area contributed by atoms with Crippen LogP contribution in [0.2, 0.25) is 0 Å². The van der Waals surface area contributed by atoms with Crippen molar-refractivity contribution in [3.05, 3.63) is 23.9 Å². The highest BCUT2D eigenvalue weighted by Gasteiger charge is 2.13. The van der Waals surface area contributed by atoms with Crippen LogP contribution in [0, 0.1) is 5.41 Å². The van der Waals surface area contributed by atoms with E-state index in [1.807, 2.05) is 31.3 Å². The van der Waals surface area contributed by atoms with Gasteiger partial charge in [-0.25, -0.2) is 9.98 Å². The van der Waals surface area contributed by atoms with Gasteiger partial charge in [0.1, 0.15) is 5.82 Å². The van der Waals surface area contributed by atoms with Gasteiger partial charge in [-0.2, -0.15) is 0 Å². The van der Waals surface area contributed by atoms with Gasteiger partial charge in [0.25, 0.3) is 0 Å².